The van der Waals surface area contributed by atoms with Gasteiger partial charge in [-0.15, -0.1) is 0 Å². The SMILES string of the molecule is CN(CC(F)(F)F)c1nc(-c2ccccc2)c(CN)s1. The molecule has 2 rings (SSSR count). The van der Waals surface area contributed by atoms with Crippen LogP contribution in [0.2, 0.25) is 0 Å². The largest absolute Gasteiger partial charge is 0.405 e. The summed E-state index contributed by atoms with van der Waals surface area (Å²) in [5, 5.41) is 0.321. The molecule has 1 aromatic carbocycles. The molecule has 0 aliphatic carbocycles. The van der Waals surface area contributed by atoms with Gasteiger partial charge in [0.2, 0.25) is 0 Å². The molecule has 0 bridgehead atoms. The standard InChI is InChI=1S/C13H14F3N3S/c1-19(8-13(14,15)16)12-18-11(10(7-17)20-12)9-5-3-2-4-6-9/h2-6H,7-8,17H2,1H3. The third-order valence-electron chi connectivity index (χ3n) is 2.66. The fourth-order valence-corrected chi connectivity index (χ4v) is 2.72. The minimum atomic E-state index is -4.25. The average molecular weight is 301 g/mol. The van der Waals surface area contributed by atoms with E-state index in [4.69, 9.17) is 5.73 Å². The van der Waals surface area contributed by atoms with E-state index >= 15 is 0 Å². The predicted molar refractivity (Wildman–Crippen MR) is 74.8 cm³/mol. The Balaban J connectivity index is 2.32. The fourth-order valence-electron chi connectivity index (χ4n) is 1.80. The van der Waals surface area contributed by atoms with Crippen molar-refractivity contribution in [2.75, 3.05) is 18.5 Å². The summed E-state index contributed by atoms with van der Waals surface area (Å²) in [6.07, 6.45) is -4.25. The number of hydrogen-bond donors (Lipinski definition) is 1. The van der Waals surface area contributed by atoms with E-state index in [-0.39, 0.29) is 6.54 Å². The molecule has 0 aliphatic heterocycles. The third-order valence-corrected chi connectivity index (χ3v) is 3.85. The van der Waals surface area contributed by atoms with E-state index in [9.17, 15) is 13.2 Å². The second-order valence-electron chi connectivity index (χ2n) is 4.31. The molecule has 3 nitrogen and oxygen atoms in total. The van der Waals surface area contributed by atoms with Gasteiger partial charge in [-0.1, -0.05) is 41.7 Å². The third kappa shape index (κ3) is 3.49. The minimum absolute atomic E-state index is 0.252. The first-order valence-electron chi connectivity index (χ1n) is 5.94. The van der Waals surface area contributed by atoms with E-state index in [2.05, 4.69) is 4.98 Å². The van der Waals surface area contributed by atoms with Crippen LogP contribution in [0.3, 0.4) is 0 Å². The molecule has 0 atom stereocenters. The van der Waals surface area contributed by atoms with Gasteiger partial charge in [-0.25, -0.2) is 4.98 Å². The van der Waals surface area contributed by atoms with Gasteiger partial charge in [0.1, 0.15) is 6.54 Å². The van der Waals surface area contributed by atoms with E-state index in [1.165, 1.54) is 18.4 Å². The van der Waals surface area contributed by atoms with Crippen molar-refractivity contribution < 1.29 is 13.2 Å². The summed E-state index contributed by atoms with van der Waals surface area (Å²) in [5.41, 5.74) is 7.17. The van der Waals surface area contributed by atoms with Crippen molar-refractivity contribution in [3.8, 4) is 11.3 Å². The predicted octanol–water partition coefficient (Wildman–Crippen LogP) is 3.27. The Labute approximate surface area is 118 Å². The van der Waals surface area contributed by atoms with Crippen molar-refractivity contribution in [3.63, 3.8) is 0 Å². The summed E-state index contributed by atoms with van der Waals surface area (Å²) in [6, 6.07) is 9.31. The zero-order chi connectivity index (χ0) is 14.8. The van der Waals surface area contributed by atoms with Crippen LogP contribution in [-0.2, 0) is 6.54 Å². The number of nitrogens with zero attached hydrogens (tertiary/aromatic N) is 2. The first-order chi connectivity index (χ1) is 9.40. The molecule has 0 saturated heterocycles. The molecular formula is C13H14F3N3S. The molecule has 2 aromatic rings. The van der Waals surface area contributed by atoms with Crippen molar-refractivity contribution in [1.29, 1.82) is 0 Å². The number of alkyl halides is 3. The maximum Gasteiger partial charge on any atom is 0.405 e. The van der Waals surface area contributed by atoms with E-state index in [1.807, 2.05) is 30.3 Å². The highest BCUT2D eigenvalue weighted by atomic mass is 32.1. The highest BCUT2D eigenvalue weighted by Crippen LogP contribution is 2.33. The van der Waals surface area contributed by atoms with Gasteiger partial charge in [0.05, 0.1) is 5.69 Å². The quantitative estimate of drug-likeness (QED) is 0.942. The van der Waals surface area contributed by atoms with E-state index < -0.39 is 12.7 Å². The summed E-state index contributed by atoms with van der Waals surface area (Å²) < 4.78 is 37.2. The number of benzene rings is 1. The van der Waals surface area contributed by atoms with Gasteiger partial charge in [-0.3, -0.25) is 0 Å². The topological polar surface area (TPSA) is 42.2 Å². The molecule has 0 saturated carbocycles. The van der Waals surface area contributed by atoms with Crippen LogP contribution in [0.4, 0.5) is 18.3 Å². The minimum Gasteiger partial charge on any atom is -0.342 e. The van der Waals surface area contributed by atoms with Crippen molar-refractivity contribution in [3.05, 3.63) is 35.2 Å². The fraction of sp³-hybridized carbons (Fsp3) is 0.308. The van der Waals surface area contributed by atoms with Crippen LogP contribution in [-0.4, -0.2) is 24.8 Å². The molecule has 20 heavy (non-hydrogen) atoms. The highest BCUT2D eigenvalue weighted by Gasteiger charge is 2.30. The van der Waals surface area contributed by atoms with E-state index in [0.717, 1.165) is 15.3 Å². The number of thiazole rings is 1. The van der Waals surface area contributed by atoms with Crippen LogP contribution in [0, 0.1) is 0 Å². The zero-order valence-corrected chi connectivity index (χ0v) is 11.6. The Morgan fingerprint density at radius 2 is 1.90 bits per heavy atom. The molecule has 0 aliphatic rings. The van der Waals surface area contributed by atoms with Gasteiger partial charge in [-0.05, 0) is 0 Å². The molecule has 0 radical (unpaired) electrons. The van der Waals surface area contributed by atoms with Gasteiger partial charge in [-0.2, -0.15) is 13.2 Å². The molecule has 1 aromatic heterocycles. The lowest BCUT2D eigenvalue weighted by Crippen LogP contribution is -2.30. The monoisotopic (exact) mass is 301 g/mol. The Kier molecular flexibility index (Phi) is 4.29. The molecule has 7 heteroatoms. The smallest absolute Gasteiger partial charge is 0.342 e. The summed E-state index contributed by atoms with van der Waals surface area (Å²) in [5.74, 6) is 0. The van der Waals surface area contributed by atoms with E-state index in [1.54, 1.807) is 0 Å². The summed E-state index contributed by atoms with van der Waals surface area (Å²) in [4.78, 5) is 6.17. The molecule has 0 unspecified atom stereocenters. The lowest BCUT2D eigenvalue weighted by Gasteiger charge is -2.17. The van der Waals surface area contributed by atoms with Gasteiger partial charge >= 0.3 is 6.18 Å². The number of rotatable bonds is 4. The average Bonchev–Trinajstić information content (AvgIpc) is 2.82. The summed E-state index contributed by atoms with van der Waals surface area (Å²) in [6.45, 7) is -0.777. The summed E-state index contributed by atoms with van der Waals surface area (Å²) >= 11 is 1.19. The van der Waals surface area contributed by atoms with Gasteiger partial charge < -0.3 is 10.6 Å². The molecule has 0 amide bonds. The Hall–Kier alpha value is -1.60. The second kappa shape index (κ2) is 5.80. The number of aromatic nitrogens is 1. The zero-order valence-electron chi connectivity index (χ0n) is 10.8. The van der Waals surface area contributed by atoms with Crippen molar-refractivity contribution in [2.24, 2.45) is 5.73 Å². The van der Waals surface area contributed by atoms with Gasteiger partial charge in [0.25, 0.3) is 0 Å². The highest BCUT2D eigenvalue weighted by molar-refractivity contribution is 7.16. The lowest BCUT2D eigenvalue weighted by molar-refractivity contribution is -0.119. The molecular weight excluding hydrogens is 287 g/mol. The number of nitrogens with two attached hydrogens (primary N) is 1. The number of halogens is 3. The second-order valence-corrected chi connectivity index (χ2v) is 5.37. The van der Waals surface area contributed by atoms with Crippen LogP contribution in [0.15, 0.2) is 30.3 Å². The number of hydrogen-bond acceptors (Lipinski definition) is 4. The molecule has 0 fully saturated rings. The number of anilines is 1. The van der Waals surface area contributed by atoms with Crippen molar-refractivity contribution in [2.45, 2.75) is 12.7 Å². The molecule has 1 heterocycles. The summed E-state index contributed by atoms with van der Waals surface area (Å²) in [7, 11) is 1.38. The molecule has 108 valence electrons. The Bertz CT molecular complexity index is 566. The Morgan fingerprint density at radius 1 is 1.25 bits per heavy atom. The normalized spacial score (nSPS) is 11.7. The lowest BCUT2D eigenvalue weighted by atomic mass is 10.1. The van der Waals surface area contributed by atoms with Crippen LogP contribution < -0.4 is 10.6 Å². The molecule has 0 spiro atoms. The van der Waals surface area contributed by atoms with Crippen molar-refractivity contribution in [1.82, 2.24) is 4.98 Å². The Morgan fingerprint density at radius 3 is 2.45 bits per heavy atom. The van der Waals surface area contributed by atoms with Gasteiger partial charge in [0.15, 0.2) is 5.13 Å². The van der Waals surface area contributed by atoms with E-state index in [0.29, 0.717) is 10.8 Å². The van der Waals surface area contributed by atoms with Crippen LogP contribution in [0.1, 0.15) is 4.88 Å². The van der Waals surface area contributed by atoms with Gasteiger partial charge in [0, 0.05) is 24.0 Å². The first-order valence-corrected chi connectivity index (χ1v) is 6.75. The van der Waals surface area contributed by atoms with Crippen LogP contribution >= 0.6 is 11.3 Å². The molecule has 2 N–H and O–H groups in total. The van der Waals surface area contributed by atoms with Crippen LogP contribution in [0.5, 0.6) is 0 Å². The first kappa shape index (κ1) is 14.8. The maximum atomic E-state index is 12.4. The van der Waals surface area contributed by atoms with Crippen LogP contribution in [0.25, 0.3) is 11.3 Å². The maximum absolute atomic E-state index is 12.4. The van der Waals surface area contributed by atoms with Crippen molar-refractivity contribution >= 4 is 16.5 Å².